The second kappa shape index (κ2) is 9.52. The van der Waals surface area contributed by atoms with Gasteiger partial charge in [-0.05, 0) is 36.4 Å². The van der Waals surface area contributed by atoms with Crippen LogP contribution in [0.2, 0.25) is 0 Å². The molecule has 162 valence electrons. The summed E-state index contributed by atoms with van der Waals surface area (Å²) in [5, 5.41) is 12.9. The predicted molar refractivity (Wildman–Crippen MR) is 123 cm³/mol. The van der Waals surface area contributed by atoms with Crippen LogP contribution in [0.15, 0.2) is 76.8 Å². The zero-order valence-corrected chi connectivity index (χ0v) is 18.1. The molecule has 1 amide bonds. The van der Waals surface area contributed by atoms with Crippen LogP contribution >= 0.6 is 11.8 Å². The van der Waals surface area contributed by atoms with Gasteiger partial charge in [-0.2, -0.15) is 0 Å². The van der Waals surface area contributed by atoms with Crippen molar-refractivity contribution < 1.29 is 18.7 Å². The van der Waals surface area contributed by atoms with E-state index < -0.39 is 5.97 Å². The first-order valence-electron chi connectivity index (χ1n) is 9.73. The zero-order valence-electron chi connectivity index (χ0n) is 17.3. The van der Waals surface area contributed by atoms with E-state index in [0.717, 1.165) is 11.0 Å². The molecule has 1 N–H and O–H groups in total. The number of amides is 1. The van der Waals surface area contributed by atoms with E-state index in [1.165, 1.54) is 18.9 Å². The summed E-state index contributed by atoms with van der Waals surface area (Å²) in [5.41, 5.74) is 1.76. The topological polar surface area (TPSA) is 99.2 Å². The van der Waals surface area contributed by atoms with Crippen molar-refractivity contribution in [3.05, 3.63) is 72.8 Å². The minimum absolute atomic E-state index is 0.133. The van der Waals surface area contributed by atoms with Gasteiger partial charge in [0.2, 0.25) is 11.7 Å². The molecule has 0 unspecified atom stereocenters. The minimum Gasteiger partial charge on any atom is -0.465 e. The lowest BCUT2D eigenvalue weighted by atomic mass is 10.2. The smallest absolute Gasteiger partial charge is 0.337 e. The molecule has 2 aromatic carbocycles. The van der Waals surface area contributed by atoms with Crippen molar-refractivity contribution in [1.29, 1.82) is 0 Å². The van der Waals surface area contributed by atoms with Gasteiger partial charge in [0.25, 0.3) is 0 Å². The summed E-state index contributed by atoms with van der Waals surface area (Å²) < 4.78 is 12.4. The first-order chi connectivity index (χ1) is 15.6. The number of furan rings is 1. The summed E-state index contributed by atoms with van der Waals surface area (Å²) in [6.07, 6.45) is 1.74. The molecule has 0 aliphatic carbocycles. The molecule has 0 bridgehead atoms. The van der Waals surface area contributed by atoms with Gasteiger partial charge in [-0.1, -0.05) is 36.0 Å². The first kappa shape index (κ1) is 21.4. The Morgan fingerprint density at radius 2 is 1.97 bits per heavy atom. The van der Waals surface area contributed by atoms with E-state index in [2.05, 4.69) is 26.8 Å². The highest BCUT2D eigenvalue weighted by Crippen LogP contribution is 2.29. The van der Waals surface area contributed by atoms with Gasteiger partial charge in [-0.25, -0.2) is 4.79 Å². The predicted octanol–water partition coefficient (Wildman–Crippen LogP) is 4.39. The molecule has 0 aliphatic rings. The van der Waals surface area contributed by atoms with Crippen LogP contribution in [-0.4, -0.2) is 39.5 Å². The minimum atomic E-state index is -0.430. The summed E-state index contributed by atoms with van der Waals surface area (Å²) in [6, 6.07) is 16.1. The Morgan fingerprint density at radius 3 is 2.69 bits per heavy atom. The fourth-order valence-electron chi connectivity index (χ4n) is 3.10. The third-order valence-corrected chi connectivity index (χ3v) is 5.56. The number of nitrogens with zero attached hydrogens (tertiary/aromatic N) is 3. The number of hydrogen-bond donors (Lipinski definition) is 1. The molecular weight excluding hydrogens is 428 g/mol. The number of aromatic nitrogens is 3. The van der Waals surface area contributed by atoms with Crippen molar-refractivity contribution in [1.82, 2.24) is 14.8 Å². The Kier molecular flexibility index (Phi) is 6.37. The lowest BCUT2D eigenvalue weighted by Gasteiger charge is -2.07. The molecule has 0 radical (unpaired) electrons. The van der Waals surface area contributed by atoms with Crippen LogP contribution in [-0.2, 0) is 16.1 Å². The largest absolute Gasteiger partial charge is 0.465 e. The van der Waals surface area contributed by atoms with Gasteiger partial charge < -0.3 is 14.5 Å². The summed E-state index contributed by atoms with van der Waals surface area (Å²) in [4.78, 5) is 23.9. The van der Waals surface area contributed by atoms with Gasteiger partial charge in [0, 0.05) is 17.6 Å². The van der Waals surface area contributed by atoms with Crippen LogP contribution in [0.3, 0.4) is 0 Å². The number of benzene rings is 2. The van der Waals surface area contributed by atoms with Gasteiger partial charge in [-0.15, -0.1) is 16.8 Å². The van der Waals surface area contributed by atoms with Gasteiger partial charge >= 0.3 is 5.97 Å². The quantitative estimate of drug-likeness (QED) is 0.242. The summed E-state index contributed by atoms with van der Waals surface area (Å²) in [7, 11) is 1.32. The van der Waals surface area contributed by atoms with Crippen LogP contribution in [0, 0.1) is 0 Å². The van der Waals surface area contributed by atoms with Crippen LogP contribution in [0.1, 0.15) is 10.4 Å². The molecule has 0 saturated carbocycles. The lowest BCUT2D eigenvalue weighted by Crippen LogP contribution is -2.15. The maximum atomic E-state index is 12.4. The normalized spacial score (nSPS) is 10.8. The zero-order chi connectivity index (χ0) is 22.5. The Morgan fingerprint density at radius 1 is 1.19 bits per heavy atom. The monoisotopic (exact) mass is 448 g/mol. The molecular formula is C23H20N4O4S. The number of anilines is 1. The molecule has 9 heteroatoms. The summed E-state index contributed by atoms with van der Waals surface area (Å²) in [6.45, 7) is 4.27. The average molecular weight is 449 g/mol. The van der Waals surface area contributed by atoms with Gasteiger partial charge in [-0.3, -0.25) is 9.36 Å². The molecule has 32 heavy (non-hydrogen) atoms. The summed E-state index contributed by atoms with van der Waals surface area (Å²) >= 11 is 1.26. The number of rotatable bonds is 8. The van der Waals surface area contributed by atoms with Crippen LogP contribution in [0.5, 0.6) is 0 Å². The van der Waals surface area contributed by atoms with Crippen LogP contribution in [0.25, 0.3) is 22.6 Å². The van der Waals surface area contributed by atoms with Crippen LogP contribution < -0.4 is 5.32 Å². The van der Waals surface area contributed by atoms with E-state index >= 15 is 0 Å². The highest BCUT2D eigenvalue weighted by atomic mass is 32.2. The second-order valence-corrected chi connectivity index (χ2v) is 7.70. The number of ether oxygens (including phenoxy) is 1. The molecule has 4 aromatic rings. The van der Waals surface area contributed by atoms with Crippen molar-refractivity contribution in [3.63, 3.8) is 0 Å². The van der Waals surface area contributed by atoms with Crippen LogP contribution in [0.4, 0.5) is 5.69 Å². The lowest BCUT2D eigenvalue weighted by molar-refractivity contribution is -0.113. The molecule has 0 saturated heterocycles. The third kappa shape index (κ3) is 4.57. The molecule has 0 atom stereocenters. The first-order valence-corrected chi connectivity index (χ1v) is 10.7. The fraction of sp³-hybridized carbons (Fsp3) is 0.130. The fourth-order valence-corrected chi connectivity index (χ4v) is 3.85. The number of hydrogen-bond acceptors (Lipinski definition) is 7. The Labute approximate surface area is 188 Å². The second-order valence-electron chi connectivity index (χ2n) is 6.76. The molecule has 0 fully saturated rings. The maximum Gasteiger partial charge on any atom is 0.337 e. The van der Waals surface area contributed by atoms with Crippen molar-refractivity contribution in [3.8, 4) is 11.6 Å². The third-order valence-electron chi connectivity index (χ3n) is 4.60. The van der Waals surface area contributed by atoms with Gasteiger partial charge in [0.05, 0.1) is 18.4 Å². The van der Waals surface area contributed by atoms with E-state index in [9.17, 15) is 9.59 Å². The number of carbonyl (C=O) groups is 2. The summed E-state index contributed by atoms with van der Waals surface area (Å²) in [5.74, 6) is 0.665. The molecule has 2 heterocycles. The Balaban J connectivity index is 1.45. The van der Waals surface area contributed by atoms with Gasteiger partial charge in [0.15, 0.2) is 10.9 Å². The van der Waals surface area contributed by atoms with E-state index in [4.69, 9.17) is 4.42 Å². The van der Waals surface area contributed by atoms with E-state index in [-0.39, 0.29) is 11.7 Å². The SMILES string of the molecule is C=CCn1c(SCC(=O)Nc2ccc(C(=O)OC)cc2)nnc1-c1cc2ccccc2o1. The maximum absolute atomic E-state index is 12.4. The highest BCUT2D eigenvalue weighted by molar-refractivity contribution is 7.99. The highest BCUT2D eigenvalue weighted by Gasteiger charge is 2.18. The number of esters is 1. The number of para-hydroxylation sites is 1. The van der Waals surface area contributed by atoms with Crippen molar-refractivity contribution >= 4 is 40.3 Å². The van der Waals surface area contributed by atoms with Gasteiger partial charge in [0.1, 0.15) is 5.58 Å². The molecule has 4 rings (SSSR count). The van der Waals surface area contributed by atoms with E-state index in [1.807, 2.05) is 34.9 Å². The molecule has 0 aliphatic heterocycles. The van der Waals surface area contributed by atoms with E-state index in [0.29, 0.717) is 34.5 Å². The number of methoxy groups -OCH3 is 1. The number of fused-ring (bicyclic) bond motifs is 1. The van der Waals surface area contributed by atoms with Crippen molar-refractivity contribution in [2.24, 2.45) is 0 Å². The Hall–Kier alpha value is -3.85. The van der Waals surface area contributed by atoms with E-state index in [1.54, 1.807) is 30.3 Å². The number of allylic oxidation sites excluding steroid dienone is 1. The average Bonchev–Trinajstić information content (AvgIpc) is 3.41. The molecule has 8 nitrogen and oxygen atoms in total. The number of carbonyl (C=O) groups excluding carboxylic acids is 2. The molecule has 2 aromatic heterocycles. The standard InChI is InChI=1S/C23H20N4O4S/c1-3-12-27-21(19-13-16-6-4-5-7-18(16)31-19)25-26-23(27)32-14-20(28)24-17-10-8-15(9-11-17)22(29)30-2/h3-11,13H,1,12,14H2,2H3,(H,24,28). The van der Waals surface area contributed by atoms with Crippen molar-refractivity contribution in [2.45, 2.75) is 11.7 Å². The molecule has 0 spiro atoms. The number of thioether (sulfide) groups is 1. The number of nitrogens with one attached hydrogen (secondary N) is 1. The van der Waals surface area contributed by atoms with Crippen molar-refractivity contribution in [2.75, 3.05) is 18.2 Å². The Bertz CT molecular complexity index is 1240.